The van der Waals surface area contributed by atoms with Gasteiger partial charge in [-0.25, -0.2) is 4.99 Å². The lowest BCUT2D eigenvalue weighted by Gasteiger charge is -2.13. The van der Waals surface area contributed by atoms with Crippen molar-refractivity contribution in [2.45, 2.75) is 27.7 Å². The zero-order chi connectivity index (χ0) is 11.0. The number of hydrogen-bond donors (Lipinski definition) is 1. The largest absolute Gasteiger partial charge is 0.314 e. The molecule has 1 heterocycles. The Morgan fingerprint density at radius 1 is 1.43 bits per heavy atom. The molecule has 0 amide bonds. The van der Waals surface area contributed by atoms with Crippen LogP contribution in [0.2, 0.25) is 0 Å². The standard InChI is InChI=1S/C9H12N2S.C2H6/c1-4-6-9-8(5-2)10-7(3)11-12-9;1-2/h4-6H,2H2,1,3H3,(H,10,11);1-2H3/b6-4-;. The van der Waals surface area contributed by atoms with Crippen molar-refractivity contribution in [3.63, 3.8) is 0 Å². The molecule has 0 aromatic heterocycles. The summed E-state index contributed by atoms with van der Waals surface area (Å²) in [5.41, 5.74) is 0.939. The van der Waals surface area contributed by atoms with Crippen LogP contribution in [-0.4, -0.2) is 5.84 Å². The molecule has 0 aromatic rings. The van der Waals surface area contributed by atoms with E-state index >= 15 is 0 Å². The third-order valence-electron chi connectivity index (χ3n) is 1.36. The number of amidine groups is 1. The summed E-state index contributed by atoms with van der Waals surface area (Å²) in [6.45, 7) is 11.6. The highest BCUT2D eigenvalue weighted by molar-refractivity contribution is 8.02. The third-order valence-corrected chi connectivity index (χ3v) is 2.32. The van der Waals surface area contributed by atoms with Crippen molar-refractivity contribution in [1.29, 1.82) is 0 Å². The number of nitrogens with zero attached hydrogens (tertiary/aromatic N) is 1. The van der Waals surface area contributed by atoms with Gasteiger partial charge in [-0.2, -0.15) is 0 Å². The predicted molar refractivity (Wildman–Crippen MR) is 67.2 cm³/mol. The van der Waals surface area contributed by atoms with Crippen LogP contribution in [-0.2, 0) is 0 Å². The average Bonchev–Trinajstić information content (AvgIpc) is 2.24. The minimum atomic E-state index is 0.920. The van der Waals surface area contributed by atoms with Crippen LogP contribution in [0.15, 0.2) is 40.4 Å². The number of rotatable bonds is 2. The minimum Gasteiger partial charge on any atom is -0.314 e. The molecular weight excluding hydrogens is 192 g/mol. The number of allylic oxidation sites excluding steroid dienone is 3. The Morgan fingerprint density at radius 3 is 2.57 bits per heavy atom. The first kappa shape index (κ1) is 13.0. The molecular formula is C11H18N2S. The Balaban J connectivity index is 0.000000791. The summed E-state index contributed by atoms with van der Waals surface area (Å²) in [5, 5.41) is 0. The van der Waals surface area contributed by atoms with Crippen molar-refractivity contribution in [3.8, 4) is 0 Å². The third kappa shape index (κ3) is 3.83. The lowest BCUT2D eigenvalue weighted by Crippen LogP contribution is -2.15. The van der Waals surface area contributed by atoms with Gasteiger partial charge in [0.25, 0.3) is 0 Å². The summed E-state index contributed by atoms with van der Waals surface area (Å²) < 4.78 is 3.09. The van der Waals surface area contributed by atoms with Gasteiger partial charge < -0.3 is 4.72 Å². The van der Waals surface area contributed by atoms with Gasteiger partial charge in [-0.3, -0.25) is 0 Å². The summed E-state index contributed by atoms with van der Waals surface area (Å²) >= 11 is 1.57. The van der Waals surface area contributed by atoms with Crippen LogP contribution in [0.1, 0.15) is 27.7 Å². The highest BCUT2D eigenvalue weighted by Gasteiger charge is 2.07. The van der Waals surface area contributed by atoms with E-state index < -0.39 is 0 Å². The van der Waals surface area contributed by atoms with Crippen LogP contribution in [0.5, 0.6) is 0 Å². The highest BCUT2D eigenvalue weighted by atomic mass is 32.2. The van der Waals surface area contributed by atoms with Gasteiger partial charge in [0.15, 0.2) is 0 Å². The Hall–Kier alpha value is -0.960. The molecule has 0 bridgehead atoms. The first-order chi connectivity index (χ1) is 6.77. The lowest BCUT2D eigenvalue weighted by molar-refractivity contribution is 1.29. The zero-order valence-electron chi connectivity index (χ0n) is 9.29. The molecule has 78 valence electrons. The molecule has 0 saturated carbocycles. The maximum atomic E-state index is 4.30. The number of hydrogen-bond acceptors (Lipinski definition) is 3. The van der Waals surface area contributed by atoms with E-state index in [0.717, 1.165) is 16.4 Å². The molecule has 1 aliphatic rings. The maximum Gasteiger partial charge on any atom is 0.109 e. The Morgan fingerprint density at radius 2 is 2.07 bits per heavy atom. The van der Waals surface area contributed by atoms with Crippen molar-refractivity contribution in [3.05, 3.63) is 35.4 Å². The van der Waals surface area contributed by atoms with Gasteiger partial charge >= 0.3 is 0 Å². The van der Waals surface area contributed by atoms with Crippen LogP contribution < -0.4 is 4.72 Å². The fourth-order valence-corrected chi connectivity index (χ4v) is 1.60. The summed E-state index contributed by atoms with van der Waals surface area (Å²) in [6.07, 6.45) is 5.78. The van der Waals surface area contributed by atoms with E-state index in [1.807, 2.05) is 39.8 Å². The summed E-state index contributed by atoms with van der Waals surface area (Å²) in [5.74, 6) is 0.920. The van der Waals surface area contributed by atoms with Gasteiger partial charge in [0.2, 0.25) is 0 Å². The predicted octanol–water partition coefficient (Wildman–Crippen LogP) is 3.66. The van der Waals surface area contributed by atoms with Crippen LogP contribution in [0, 0.1) is 0 Å². The fourth-order valence-electron chi connectivity index (χ4n) is 0.857. The van der Waals surface area contributed by atoms with E-state index in [0.29, 0.717) is 0 Å². The first-order valence-corrected chi connectivity index (χ1v) is 5.57. The van der Waals surface area contributed by atoms with Crippen LogP contribution in [0.3, 0.4) is 0 Å². The Labute approximate surface area is 91.0 Å². The fraction of sp³-hybridized carbons (Fsp3) is 0.364. The first-order valence-electron chi connectivity index (χ1n) is 4.75. The molecule has 0 radical (unpaired) electrons. The molecule has 0 saturated heterocycles. The second-order valence-electron chi connectivity index (χ2n) is 2.35. The molecule has 0 spiro atoms. The van der Waals surface area contributed by atoms with Gasteiger partial charge in [-0.15, -0.1) is 0 Å². The Kier molecular flexibility index (Phi) is 6.93. The quantitative estimate of drug-likeness (QED) is 0.703. The monoisotopic (exact) mass is 210 g/mol. The molecule has 2 nitrogen and oxygen atoms in total. The molecule has 1 aliphatic heterocycles. The molecule has 1 rings (SSSR count). The zero-order valence-corrected chi connectivity index (χ0v) is 10.1. The topological polar surface area (TPSA) is 24.4 Å². The summed E-state index contributed by atoms with van der Waals surface area (Å²) in [7, 11) is 0. The number of nitrogens with one attached hydrogen (secondary N) is 1. The highest BCUT2D eigenvalue weighted by Crippen LogP contribution is 2.23. The maximum absolute atomic E-state index is 4.30. The second-order valence-corrected chi connectivity index (χ2v) is 3.20. The van der Waals surface area contributed by atoms with Gasteiger partial charge in [0.1, 0.15) is 5.84 Å². The van der Waals surface area contributed by atoms with Gasteiger partial charge in [0, 0.05) is 0 Å². The van der Waals surface area contributed by atoms with Crippen molar-refractivity contribution in [1.82, 2.24) is 4.72 Å². The molecule has 0 atom stereocenters. The smallest absolute Gasteiger partial charge is 0.109 e. The molecule has 1 N–H and O–H groups in total. The normalized spacial score (nSPS) is 15.6. The van der Waals surface area contributed by atoms with Crippen molar-refractivity contribution in [2.75, 3.05) is 0 Å². The lowest BCUT2D eigenvalue weighted by atomic mass is 10.3. The molecule has 0 aromatic carbocycles. The molecule has 0 aliphatic carbocycles. The second kappa shape index (κ2) is 7.44. The average molecular weight is 210 g/mol. The van der Waals surface area contributed by atoms with Gasteiger partial charge in [-0.1, -0.05) is 26.5 Å². The van der Waals surface area contributed by atoms with E-state index in [-0.39, 0.29) is 0 Å². The van der Waals surface area contributed by atoms with Gasteiger partial charge in [-0.05, 0) is 37.9 Å². The summed E-state index contributed by atoms with van der Waals surface area (Å²) in [4.78, 5) is 5.41. The molecule has 0 fully saturated rings. The van der Waals surface area contributed by atoms with Gasteiger partial charge in [0.05, 0.1) is 10.6 Å². The van der Waals surface area contributed by atoms with E-state index in [9.17, 15) is 0 Å². The van der Waals surface area contributed by atoms with Crippen LogP contribution >= 0.6 is 11.9 Å². The van der Waals surface area contributed by atoms with Crippen molar-refractivity contribution >= 4 is 17.8 Å². The van der Waals surface area contributed by atoms with Crippen LogP contribution in [0.25, 0.3) is 0 Å². The molecule has 3 heteroatoms. The van der Waals surface area contributed by atoms with E-state index in [1.165, 1.54) is 0 Å². The van der Waals surface area contributed by atoms with Crippen molar-refractivity contribution < 1.29 is 0 Å². The van der Waals surface area contributed by atoms with E-state index in [2.05, 4.69) is 16.3 Å². The van der Waals surface area contributed by atoms with Crippen LogP contribution in [0.4, 0.5) is 0 Å². The van der Waals surface area contributed by atoms with E-state index in [1.54, 1.807) is 18.0 Å². The minimum absolute atomic E-state index is 0.920. The summed E-state index contributed by atoms with van der Waals surface area (Å²) in [6, 6.07) is 0. The Bertz CT molecular complexity index is 275. The number of aliphatic imine (C=N–C) groups is 1. The van der Waals surface area contributed by atoms with Crippen molar-refractivity contribution in [2.24, 2.45) is 4.99 Å². The molecule has 14 heavy (non-hydrogen) atoms. The van der Waals surface area contributed by atoms with E-state index in [4.69, 9.17) is 0 Å². The molecule has 0 unspecified atom stereocenters. The SMILES string of the molecule is C=CC1=C(/C=C\C)SNC(C)=N1.CC.